The molecule has 1 atom stereocenters. The molecule has 0 aromatic carbocycles. The number of piperidine rings is 1. The second kappa shape index (κ2) is 6.16. The van der Waals surface area contributed by atoms with Gasteiger partial charge in [0.25, 0.3) is 11.5 Å². The maximum absolute atomic E-state index is 13.0. The first-order valence-corrected chi connectivity index (χ1v) is 9.47. The molecule has 1 aliphatic carbocycles. The zero-order valence-electron chi connectivity index (χ0n) is 13.7. The Morgan fingerprint density at radius 1 is 1.29 bits per heavy atom. The van der Waals surface area contributed by atoms with Crippen molar-refractivity contribution in [2.75, 3.05) is 6.54 Å². The number of thiazole rings is 1. The summed E-state index contributed by atoms with van der Waals surface area (Å²) in [5.74, 6) is 0.305. The van der Waals surface area contributed by atoms with Gasteiger partial charge in [0.15, 0.2) is 0 Å². The Kier molecular flexibility index (Phi) is 4.00. The van der Waals surface area contributed by atoms with Gasteiger partial charge in [-0.05, 0) is 57.1 Å². The fraction of sp³-hybridized carbons (Fsp3) is 0.500. The monoisotopic (exact) mass is 343 g/mol. The average Bonchev–Trinajstić information content (AvgIpc) is 3.35. The third-order valence-corrected chi connectivity index (χ3v) is 5.93. The zero-order valence-corrected chi connectivity index (χ0v) is 14.6. The Labute approximate surface area is 144 Å². The number of carbonyl (C=O) groups excluding carboxylic acids is 1. The lowest BCUT2D eigenvalue weighted by atomic mass is 10.0. The van der Waals surface area contributed by atoms with Crippen LogP contribution in [0.25, 0.3) is 0 Å². The minimum absolute atomic E-state index is 0.00698. The number of nitrogens with one attached hydrogen (secondary N) is 1. The van der Waals surface area contributed by atoms with E-state index < -0.39 is 0 Å². The summed E-state index contributed by atoms with van der Waals surface area (Å²) in [5, 5.41) is 3.00. The van der Waals surface area contributed by atoms with Gasteiger partial charge in [-0.15, -0.1) is 11.3 Å². The number of aromatic amines is 1. The van der Waals surface area contributed by atoms with Crippen LogP contribution in [-0.4, -0.2) is 27.3 Å². The first kappa shape index (κ1) is 15.6. The van der Waals surface area contributed by atoms with Crippen molar-refractivity contribution in [3.63, 3.8) is 0 Å². The minimum atomic E-state index is -0.260. The zero-order chi connectivity index (χ0) is 16.7. The number of aryl methyl sites for hydroxylation is 1. The highest BCUT2D eigenvalue weighted by Gasteiger charge is 2.32. The van der Waals surface area contributed by atoms with Gasteiger partial charge in [-0.3, -0.25) is 9.59 Å². The Morgan fingerprint density at radius 3 is 2.79 bits per heavy atom. The molecular weight excluding hydrogens is 322 g/mol. The molecule has 1 unspecified atom stereocenters. The van der Waals surface area contributed by atoms with Crippen molar-refractivity contribution >= 4 is 17.2 Å². The molecule has 6 heteroatoms. The van der Waals surface area contributed by atoms with Crippen molar-refractivity contribution in [3.05, 3.63) is 49.8 Å². The molecule has 3 heterocycles. The van der Waals surface area contributed by atoms with E-state index in [4.69, 9.17) is 0 Å². The van der Waals surface area contributed by atoms with Gasteiger partial charge < -0.3 is 9.88 Å². The van der Waals surface area contributed by atoms with Gasteiger partial charge in [0, 0.05) is 23.3 Å². The predicted molar refractivity (Wildman–Crippen MR) is 93.5 cm³/mol. The minimum Gasteiger partial charge on any atom is -0.329 e. The first-order valence-electron chi connectivity index (χ1n) is 8.59. The predicted octanol–water partition coefficient (Wildman–Crippen LogP) is 3.38. The number of rotatable bonds is 3. The highest BCUT2D eigenvalue weighted by Crippen LogP contribution is 2.38. The lowest BCUT2D eigenvalue weighted by Crippen LogP contribution is -2.40. The second-order valence-electron chi connectivity index (χ2n) is 6.77. The summed E-state index contributed by atoms with van der Waals surface area (Å²) in [5.41, 5.74) is 1.94. The van der Waals surface area contributed by atoms with Crippen LogP contribution in [0.1, 0.15) is 70.8 Å². The lowest BCUT2D eigenvalue weighted by molar-refractivity contribution is 0.0609. The molecule has 24 heavy (non-hydrogen) atoms. The van der Waals surface area contributed by atoms with Crippen molar-refractivity contribution in [2.45, 2.75) is 51.0 Å². The van der Waals surface area contributed by atoms with Crippen LogP contribution < -0.4 is 5.56 Å². The van der Waals surface area contributed by atoms with E-state index in [-0.39, 0.29) is 23.1 Å². The fourth-order valence-electron chi connectivity index (χ4n) is 3.40. The van der Waals surface area contributed by atoms with Crippen LogP contribution in [0.3, 0.4) is 0 Å². The normalized spacial score (nSPS) is 21.0. The van der Waals surface area contributed by atoms with E-state index in [1.165, 1.54) is 0 Å². The SMILES string of the molecule is Cc1csc(C2CCCCN2C(=O)c2ccc(C3CC3)[nH]c2=O)n1. The molecule has 0 radical (unpaired) electrons. The second-order valence-corrected chi connectivity index (χ2v) is 7.66. The number of hydrogen-bond donors (Lipinski definition) is 1. The molecule has 0 spiro atoms. The highest BCUT2D eigenvalue weighted by atomic mass is 32.1. The van der Waals surface area contributed by atoms with Gasteiger partial charge in [0.2, 0.25) is 0 Å². The van der Waals surface area contributed by atoms with Crippen molar-refractivity contribution in [1.82, 2.24) is 14.9 Å². The number of amides is 1. The molecular formula is C18H21N3O2S. The maximum atomic E-state index is 13.0. The average molecular weight is 343 g/mol. The van der Waals surface area contributed by atoms with E-state index in [1.807, 2.05) is 23.3 Å². The largest absolute Gasteiger partial charge is 0.329 e. The molecule has 4 rings (SSSR count). The van der Waals surface area contributed by atoms with Crippen LogP contribution in [-0.2, 0) is 0 Å². The number of nitrogens with zero attached hydrogens (tertiary/aromatic N) is 2. The number of carbonyl (C=O) groups is 1. The number of pyridine rings is 1. The molecule has 1 saturated heterocycles. The fourth-order valence-corrected chi connectivity index (χ4v) is 4.34. The van der Waals surface area contributed by atoms with Gasteiger partial charge in [-0.1, -0.05) is 0 Å². The van der Waals surface area contributed by atoms with Crippen LogP contribution in [0.15, 0.2) is 22.3 Å². The van der Waals surface area contributed by atoms with E-state index in [1.54, 1.807) is 17.4 Å². The summed E-state index contributed by atoms with van der Waals surface area (Å²) >= 11 is 1.60. The van der Waals surface area contributed by atoms with E-state index in [9.17, 15) is 9.59 Å². The van der Waals surface area contributed by atoms with Crippen LogP contribution in [0.5, 0.6) is 0 Å². The molecule has 2 aromatic heterocycles. The van der Waals surface area contributed by atoms with E-state index in [2.05, 4.69) is 9.97 Å². The van der Waals surface area contributed by atoms with Crippen LogP contribution >= 0.6 is 11.3 Å². The molecule has 1 aliphatic heterocycles. The van der Waals surface area contributed by atoms with Gasteiger partial charge in [0.1, 0.15) is 10.6 Å². The molecule has 126 valence electrons. The maximum Gasteiger partial charge on any atom is 0.261 e. The van der Waals surface area contributed by atoms with Crippen molar-refractivity contribution in [3.8, 4) is 0 Å². The lowest BCUT2D eigenvalue weighted by Gasteiger charge is -2.34. The first-order chi connectivity index (χ1) is 11.6. The topological polar surface area (TPSA) is 66.1 Å². The van der Waals surface area contributed by atoms with Gasteiger partial charge in [0.05, 0.1) is 6.04 Å². The van der Waals surface area contributed by atoms with Gasteiger partial charge in [-0.25, -0.2) is 4.98 Å². The molecule has 1 N–H and O–H groups in total. The van der Waals surface area contributed by atoms with Gasteiger partial charge >= 0.3 is 0 Å². The van der Waals surface area contributed by atoms with Crippen LogP contribution in [0.2, 0.25) is 0 Å². The van der Waals surface area contributed by atoms with E-state index >= 15 is 0 Å². The third-order valence-electron chi connectivity index (χ3n) is 4.87. The van der Waals surface area contributed by atoms with Crippen LogP contribution in [0, 0.1) is 6.92 Å². The number of hydrogen-bond acceptors (Lipinski definition) is 4. The van der Waals surface area contributed by atoms with E-state index in [0.717, 1.165) is 48.5 Å². The number of aromatic nitrogens is 2. The van der Waals surface area contributed by atoms with Crippen molar-refractivity contribution in [2.24, 2.45) is 0 Å². The Balaban J connectivity index is 1.63. The Morgan fingerprint density at radius 2 is 2.12 bits per heavy atom. The molecule has 2 fully saturated rings. The molecule has 1 amide bonds. The third kappa shape index (κ3) is 2.90. The molecule has 0 bridgehead atoms. The summed E-state index contributed by atoms with van der Waals surface area (Å²) in [6, 6.07) is 3.60. The summed E-state index contributed by atoms with van der Waals surface area (Å²) in [6.07, 6.45) is 5.23. The summed E-state index contributed by atoms with van der Waals surface area (Å²) in [4.78, 5) is 34.7. The highest BCUT2D eigenvalue weighted by molar-refractivity contribution is 7.09. The van der Waals surface area contributed by atoms with Crippen molar-refractivity contribution < 1.29 is 4.79 Å². The standard InChI is InChI=1S/C18H21N3O2S/c1-11-10-24-17(19-11)15-4-2-3-9-21(15)18(23)13-7-8-14(12-5-6-12)20-16(13)22/h7-8,10,12,15H,2-6,9H2,1H3,(H,20,22). The summed E-state index contributed by atoms with van der Waals surface area (Å²) < 4.78 is 0. The Bertz CT molecular complexity index is 822. The van der Waals surface area contributed by atoms with Gasteiger partial charge in [-0.2, -0.15) is 0 Å². The van der Waals surface area contributed by atoms with Crippen LogP contribution in [0.4, 0.5) is 0 Å². The summed E-state index contributed by atoms with van der Waals surface area (Å²) in [6.45, 7) is 2.66. The molecule has 5 nitrogen and oxygen atoms in total. The Hall–Kier alpha value is -1.95. The molecule has 1 saturated carbocycles. The number of H-pyrrole nitrogens is 1. The molecule has 2 aromatic rings. The molecule has 2 aliphatic rings. The summed E-state index contributed by atoms with van der Waals surface area (Å²) in [7, 11) is 0. The number of likely N-dealkylation sites (tertiary alicyclic amines) is 1. The smallest absolute Gasteiger partial charge is 0.261 e. The van der Waals surface area contributed by atoms with E-state index in [0.29, 0.717) is 12.5 Å². The van der Waals surface area contributed by atoms with Crippen molar-refractivity contribution in [1.29, 1.82) is 0 Å². The quantitative estimate of drug-likeness (QED) is 0.929.